The standard InChI is InChI=1S/C18H22N6O3/c25-17(26)10-23(9-12-1-2-12)16-7-14(8-16)20-18(27)13-3-5-15(6-4-13)24-11-19-21-22-24/h3-6,11-12,14,16H,1-2,7-10H2,(H,20,27)(H,25,26). The highest BCUT2D eigenvalue weighted by molar-refractivity contribution is 5.94. The van der Waals surface area contributed by atoms with E-state index in [0.29, 0.717) is 11.5 Å². The van der Waals surface area contributed by atoms with Crippen LogP contribution in [0.5, 0.6) is 0 Å². The number of hydrogen-bond acceptors (Lipinski definition) is 6. The van der Waals surface area contributed by atoms with Crippen LogP contribution in [0, 0.1) is 5.92 Å². The molecule has 0 unspecified atom stereocenters. The Labute approximate surface area is 156 Å². The van der Waals surface area contributed by atoms with Crippen LogP contribution in [0.1, 0.15) is 36.0 Å². The summed E-state index contributed by atoms with van der Waals surface area (Å²) in [5, 5.41) is 23.1. The van der Waals surface area contributed by atoms with Gasteiger partial charge in [0.05, 0.1) is 12.2 Å². The average Bonchev–Trinajstić information content (AvgIpc) is 3.26. The number of hydrogen-bond donors (Lipinski definition) is 2. The number of nitrogens with zero attached hydrogens (tertiary/aromatic N) is 5. The van der Waals surface area contributed by atoms with E-state index < -0.39 is 5.97 Å². The van der Waals surface area contributed by atoms with Crippen LogP contribution in [0.15, 0.2) is 30.6 Å². The normalized spacial score (nSPS) is 21.7. The summed E-state index contributed by atoms with van der Waals surface area (Å²) in [6.45, 7) is 0.941. The highest BCUT2D eigenvalue weighted by Crippen LogP contribution is 2.33. The number of rotatable bonds is 8. The Kier molecular flexibility index (Phi) is 4.85. The van der Waals surface area contributed by atoms with Gasteiger partial charge in [0, 0.05) is 24.2 Å². The minimum atomic E-state index is -0.786. The van der Waals surface area contributed by atoms with Crippen molar-refractivity contribution in [3.63, 3.8) is 0 Å². The molecule has 0 atom stereocenters. The summed E-state index contributed by atoms with van der Waals surface area (Å²) in [6.07, 6.45) is 5.49. The lowest BCUT2D eigenvalue weighted by Crippen LogP contribution is -2.55. The van der Waals surface area contributed by atoms with Crippen molar-refractivity contribution in [2.75, 3.05) is 13.1 Å². The third-order valence-corrected chi connectivity index (χ3v) is 5.24. The van der Waals surface area contributed by atoms with E-state index >= 15 is 0 Å². The average molecular weight is 370 g/mol. The first-order valence-electron chi connectivity index (χ1n) is 9.18. The third-order valence-electron chi connectivity index (χ3n) is 5.24. The van der Waals surface area contributed by atoms with Crippen molar-refractivity contribution in [1.29, 1.82) is 0 Å². The molecule has 4 rings (SSSR count). The summed E-state index contributed by atoms with van der Waals surface area (Å²) >= 11 is 0. The fourth-order valence-electron chi connectivity index (χ4n) is 3.47. The van der Waals surface area contributed by atoms with Crippen molar-refractivity contribution in [2.24, 2.45) is 5.92 Å². The molecule has 1 heterocycles. The SMILES string of the molecule is O=C(O)CN(CC1CC1)C1CC(NC(=O)c2ccc(-n3cnnn3)cc2)C1. The fraction of sp³-hybridized carbons (Fsp3) is 0.500. The van der Waals surface area contributed by atoms with E-state index in [4.69, 9.17) is 5.11 Å². The monoisotopic (exact) mass is 370 g/mol. The third kappa shape index (κ3) is 4.30. The molecule has 9 heteroatoms. The molecule has 0 bridgehead atoms. The van der Waals surface area contributed by atoms with Gasteiger partial charge in [0.1, 0.15) is 6.33 Å². The van der Waals surface area contributed by atoms with Gasteiger partial charge in [-0.3, -0.25) is 14.5 Å². The predicted octanol–water partition coefficient (Wildman–Crippen LogP) is 0.720. The largest absolute Gasteiger partial charge is 0.480 e. The Morgan fingerprint density at radius 2 is 1.96 bits per heavy atom. The number of carboxylic acid groups (broad SMARTS) is 1. The number of amides is 1. The number of benzene rings is 1. The highest BCUT2D eigenvalue weighted by Gasteiger charge is 2.37. The fourth-order valence-corrected chi connectivity index (χ4v) is 3.47. The van der Waals surface area contributed by atoms with E-state index in [1.807, 2.05) is 0 Å². The van der Waals surface area contributed by atoms with Gasteiger partial charge in [-0.15, -0.1) is 5.10 Å². The number of aromatic nitrogens is 4. The smallest absolute Gasteiger partial charge is 0.317 e. The minimum Gasteiger partial charge on any atom is -0.480 e. The molecule has 9 nitrogen and oxygen atoms in total. The number of aliphatic carboxylic acids is 1. The van der Waals surface area contributed by atoms with Gasteiger partial charge in [-0.05, 0) is 66.3 Å². The molecule has 2 aromatic rings. The van der Waals surface area contributed by atoms with E-state index in [0.717, 1.165) is 25.1 Å². The molecule has 0 aliphatic heterocycles. The van der Waals surface area contributed by atoms with Crippen molar-refractivity contribution < 1.29 is 14.7 Å². The maximum atomic E-state index is 12.4. The van der Waals surface area contributed by atoms with Crippen molar-refractivity contribution in [2.45, 2.75) is 37.8 Å². The quantitative estimate of drug-likeness (QED) is 0.704. The maximum Gasteiger partial charge on any atom is 0.317 e. The molecule has 0 radical (unpaired) electrons. The molecule has 27 heavy (non-hydrogen) atoms. The van der Waals surface area contributed by atoms with Gasteiger partial charge in [0.25, 0.3) is 5.91 Å². The van der Waals surface area contributed by atoms with E-state index in [1.54, 1.807) is 24.3 Å². The second kappa shape index (κ2) is 7.43. The zero-order valence-electron chi connectivity index (χ0n) is 14.9. The van der Waals surface area contributed by atoms with E-state index in [2.05, 4.69) is 25.7 Å². The van der Waals surface area contributed by atoms with Crippen molar-refractivity contribution in [3.05, 3.63) is 36.2 Å². The Balaban J connectivity index is 1.28. The summed E-state index contributed by atoms with van der Waals surface area (Å²) < 4.78 is 1.52. The molecule has 2 N–H and O–H groups in total. The van der Waals surface area contributed by atoms with Gasteiger partial charge < -0.3 is 10.4 Å². The first-order chi connectivity index (χ1) is 13.1. The zero-order valence-corrected chi connectivity index (χ0v) is 14.9. The molecule has 2 saturated carbocycles. The molecule has 0 spiro atoms. The lowest BCUT2D eigenvalue weighted by atomic mass is 9.85. The summed E-state index contributed by atoms with van der Waals surface area (Å²) in [5.41, 5.74) is 1.36. The maximum absolute atomic E-state index is 12.4. The molecule has 1 aromatic heterocycles. The van der Waals surface area contributed by atoms with E-state index in [-0.39, 0.29) is 24.5 Å². The molecule has 1 aromatic carbocycles. The number of nitrogens with one attached hydrogen (secondary N) is 1. The van der Waals surface area contributed by atoms with Crippen LogP contribution in [0.4, 0.5) is 0 Å². The van der Waals surface area contributed by atoms with Crippen LogP contribution in [-0.2, 0) is 4.79 Å². The topological polar surface area (TPSA) is 113 Å². The second-order valence-corrected chi connectivity index (χ2v) is 7.36. The highest BCUT2D eigenvalue weighted by atomic mass is 16.4. The minimum absolute atomic E-state index is 0.0838. The van der Waals surface area contributed by atoms with Crippen LogP contribution < -0.4 is 5.32 Å². The predicted molar refractivity (Wildman–Crippen MR) is 95.4 cm³/mol. The number of carboxylic acids is 1. The Morgan fingerprint density at radius 1 is 1.22 bits per heavy atom. The first kappa shape index (κ1) is 17.6. The van der Waals surface area contributed by atoms with Crippen molar-refractivity contribution in [1.82, 2.24) is 30.4 Å². The Hall–Kier alpha value is -2.81. The van der Waals surface area contributed by atoms with Gasteiger partial charge in [-0.2, -0.15) is 0 Å². The van der Waals surface area contributed by atoms with Crippen LogP contribution in [-0.4, -0.2) is 67.3 Å². The number of carbonyl (C=O) groups excluding carboxylic acids is 1. The van der Waals surface area contributed by atoms with Crippen molar-refractivity contribution >= 4 is 11.9 Å². The summed E-state index contributed by atoms with van der Waals surface area (Å²) in [4.78, 5) is 25.6. The van der Waals surface area contributed by atoms with E-state index in [1.165, 1.54) is 23.9 Å². The molecule has 1 amide bonds. The molecular weight excluding hydrogens is 348 g/mol. The molecule has 2 fully saturated rings. The van der Waals surface area contributed by atoms with Gasteiger partial charge in [0.15, 0.2) is 0 Å². The van der Waals surface area contributed by atoms with Crippen LogP contribution >= 0.6 is 0 Å². The van der Waals surface area contributed by atoms with Gasteiger partial charge in [0.2, 0.25) is 0 Å². The molecule has 2 aliphatic rings. The van der Waals surface area contributed by atoms with Gasteiger partial charge in [-0.25, -0.2) is 4.68 Å². The van der Waals surface area contributed by atoms with E-state index in [9.17, 15) is 9.59 Å². The zero-order chi connectivity index (χ0) is 18.8. The van der Waals surface area contributed by atoms with Crippen LogP contribution in [0.3, 0.4) is 0 Å². The summed E-state index contributed by atoms with van der Waals surface area (Å²) in [7, 11) is 0. The number of carbonyl (C=O) groups is 2. The molecule has 142 valence electrons. The van der Waals surface area contributed by atoms with Gasteiger partial charge >= 0.3 is 5.97 Å². The Bertz CT molecular complexity index is 797. The molecular formula is C18H22N6O3. The van der Waals surface area contributed by atoms with Crippen molar-refractivity contribution in [3.8, 4) is 5.69 Å². The molecule has 2 aliphatic carbocycles. The number of tetrazole rings is 1. The van der Waals surface area contributed by atoms with Gasteiger partial charge in [-0.1, -0.05) is 0 Å². The summed E-state index contributed by atoms with van der Waals surface area (Å²) in [5.74, 6) is -0.254. The van der Waals surface area contributed by atoms with Crippen LogP contribution in [0.2, 0.25) is 0 Å². The van der Waals surface area contributed by atoms with Crippen LogP contribution in [0.25, 0.3) is 5.69 Å². The second-order valence-electron chi connectivity index (χ2n) is 7.36. The first-order valence-corrected chi connectivity index (χ1v) is 9.18. The Morgan fingerprint density at radius 3 is 2.56 bits per heavy atom. The molecule has 0 saturated heterocycles. The summed E-state index contributed by atoms with van der Waals surface area (Å²) in [6, 6.07) is 7.41. The lowest BCUT2D eigenvalue weighted by Gasteiger charge is -2.42. The lowest BCUT2D eigenvalue weighted by molar-refractivity contribution is -0.139.